The Labute approximate surface area is 113 Å². The van der Waals surface area contributed by atoms with Crippen LogP contribution in [0.1, 0.15) is 25.6 Å². The molecule has 0 fully saturated rings. The first-order valence-corrected chi connectivity index (χ1v) is 6.23. The molecule has 2 amide bonds. The van der Waals surface area contributed by atoms with Gasteiger partial charge in [0, 0.05) is 5.56 Å². The van der Waals surface area contributed by atoms with E-state index in [-0.39, 0.29) is 5.91 Å². The highest BCUT2D eigenvalue weighted by molar-refractivity contribution is 7.12. The highest BCUT2D eigenvalue weighted by Crippen LogP contribution is 2.07. The SMILES string of the molecule is N#Cc1cccc(C(=O)NNC(=O)c2cccs2)c1. The van der Waals surface area contributed by atoms with Gasteiger partial charge in [-0.15, -0.1) is 11.3 Å². The Morgan fingerprint density at radius 1 is 1.11 bits per heavy atom. The fourth-order valence-corrected chi connectivity index (χ4v) is 2.00. The molecule has 0 spiro atoms. The van der Waals surface area contributed by atoms with Crippen molar-refractivity contribution in [2.24, 2.45) is 0 Å². The zero-order valence-electron chi connectivity index (χ0n) is 9.71. The van der Waals surface area contributed by atoms with Crippen LogP contribution in [-0.4, -0.2) is 11.8 Å². The number of hydrazine groups is 1. The molecule has 0 saturated carbocycles. The van der Waals surface area contributed by atoms with E-state index in [1.54, 1.807) is 35.7 Å². The molecular weight excluding hydrogens is 262 g/mol. The Hall–Kier alpha value is -2.65. The molecule has 0 saturated heterocycles. The van der Waals surface area contributed by atoms with Crippen molar-refractivity contribution in [1.29, 1.82) is 5.26 Å². The summed E-state index contributed by atoms with van der Waals surface area (Å²) in [6.45, 7) is 0. The van der Waals surface area contributed by atoms with Crippen molar-refractivity contribution >= 4 is 23.2 Å². The summed E-state index contributed by atoms with van der Waals surface area (Å²) in [5.41, 5.74) is 5.30. The first-order chi connectivity index (χ1) is 9.20. The molecule has 1 aromatic carbocycles. The summed E-state index contributed by atoms with van der Waals surface area (Å²) < 4.78 is 0. The fourth-order valence-electron chi connectivity index (χ4n) is 1.39. The molecule has 94 valence electrons. The third kappa shape index (κ3) is 3.18. The molecule has 0 radical (unpaired) electrons. The van der Waals surface area contributed by atoms with E-state index >= 15 is 0 Å². The number of rotatable bonds is 2. The minimum atomic E-state index is -0.470. The van der Waals surface area contributed by atoms with Crippen molar-refractivity contribution in [2.75, 3.05) is 0 Å². The maximum Gasteiger partial charge on any atom is 0.279 e. The molecule has 1 heterocycles. The van der Waals surface area contributed by atoms with Crippen LogP contribution in [0.25, 0.3) is 0 Å². The van der Waals surface area contributed by atoms with Crippen LogP contribution in [0.2, 0.25) is 0 Å². The normalized spacial score (nSPS) is 9.42. The van der Waals surface area contributed by atoms with E-state index in [0.29, 0.717) is 16.0 Å². The predicted molar refractivity (Wildman–Crippen MR) is 70.4 cm³/mol. The van der Waals surface area contributed by atoms with Crippen molar-refractivity contribution in [3.63, 3.8) is 0 Å². The van der Waals surface area contributed by atoms with Gasteiger partial charge in [0.1, 0.15) is 0 Å². The van der Waals surface area contributed by atoms with Crippen LogP contribution < -0.4 is 10.9 Å². The lowest BCUT2D eigenvalue weighted by Crippen LogP contribution is -2.41. The molecule has 0 atom stereocenters. The van der Waals surface area contributed by atoms with Gasteiger partial charge in [0.2, 0.25) is 0 Å². The van der Waals surface area contributed by atoms with Crippen LogP contribution in [0.3, 0.4) is 0 Å². The first-order valence-electron chi connectivity index (χ1n) is 5.35. The number of nitrogens with one attached hydrogen (secondary N) is 2. The molecule has 0 aliphatic rings. The summed E-state index contributed by atoms with van der Waals surface area (Å²) in [7, 11) is 0. The van der Waals surface area contributed by atoms with E-state index < -0.39 is 5.91 Å². The van der Waals surface area contributed by atoms with Gasteiger partial charge in [-0.25, -0.2) is 0 Å². The number of nitrogens with zero attached hydrogens (tertiary/aromatic N) is 1. The van der Waals surface area contributed by atoms with Crippen molar-refractivity contribution in [3.05, 3.63) is 57.8 Å². The molecule has 0 bridgehead atoms. The molecule has 1 aromatic heterocycles. The predicted octanol–water partition coefficient (Wildman–Crippen LogP) is 1.69. The minimum absolute atomic E-state index is 0.311. The molecule has 5 nitrogen and oxygen atoms in total. The lowest BCUT2D eigenvalue weighted by molar-refractivity contribution is 0.0849. The van der Waals surface area contributed by atoms with Crippen LogP contribution in [0.15, 0.2) is 41.8 Å². The topological polar surface area (TPSA) is 82.0 Å². The van der Waals surface area contributed by atoms with Crippen LogP contribution in [-0.2, 0) is 0 Å². The largest absolute Gasteiger partial charge is 0.279 e. The van der Waals surface area contributed by atoms with Gasteiger partial charge in [0.05, 0.1) is 16.5 Å². The van der Waals surface area contributed by atoms with Gasteiger partial charge in [-0.1, -0.05) is 12.1 Å². The van der Waals surface area contributed by atoms with Crippen LogP contribution in [0.4, 0.5) is 0 Å². The maximum atomic E-state index is 11.8. The number of nitriles is 1. The summed E-state index contributed by atoms with van der Waals surface area (Å²) in [5, 5.41) is 10.5. The maximum absolute atomic E-state index is 11.8. The number of amides is 2. The number of hydrogen-bond donors (Lipinski definition) is 2. The molecular formula is C13H9N3O2S. The van der Waals surface area contributed by atoms with Crippen molar-refractivity contribution in [2.45, 2.75) is 0 Å². The number of thiophene rings is 1. The van der Waals surface area contributed by atoms with Crippen molar-refractivity contribution < 1.29 is 9.59 Å². The average molecular weight is 271 g/mol. The highest BCUT2D eigenvalue weighted by Gasteiger charge is 2.09. The van der Waals surface area contributed by atoms with E-state index in [9.17, 15) is 9.59 Å². The van der Waals surface area contributed by atoms with Crippen LogP contribution >= 0.6 is 11.3 Å². The summed E-state index contributed by atoms with van der Waals surface area (Å²) in [5.74, 6) is -0.846. The van der Waals surface area contributed by atoms with E-state index in [1.807, 2.05) is 6.07 Å². The molecule has 19 heavy (non-hydrogen) atoms. The van der Waals surface area contributed by atoms with Crippen LogP contribution in [0, 0.1) is 11.3 Å². The van der Waals surface area contributed by atoms with E-state index in [2.05, 4.69) is 10.9 Å². The lowest BCUT2D eigenvalue weighted by Gasteiger charge is -2.06. The fraction of sp³-hybridized carbons (Fsp3) is 0. The lowest BCUT2D eigenvalue weighted by atomic mass is 10.1. The van der Waals surface area contributed by atoms with Crippen molar-refractivity contribution in [1.82, 2.24) is 10.9 Å². The molecule has 2 N–H and O–H groups in total. The smallest absolute Gasteiger partial charge is 0.267 e. The quantitative estimate of drug-likeness (QED) is 0.815. The first kappa shape index (κ1) is 12.8. The average Bonchev–Trinajstić information content (AvgIpc) is 2.98. The molecule has 0 aliphatic carbocycles. The van der Waals surface area contributed by atoms with Gasteiger partial charge in [-0.05, 0) is 29.6 Å². The molecule has 2 aromatic rings. The van der Waals surface area contributed by atoms with E-state index in [4.69, 9.17) is 5.26 Å². The molecule has 0 unspecified atom stereocenters. The third-order valence-corrected chi connectivity index (χ3v) is 3.16. The van der Waals surface area contributed by atoms with Gasteiger partial charge >= 0.3 is 0 Å². The van der Waals surface area contributed by atoms with Gasteiger partial charge < -0.3 is 0 Å². The number of benzene rings is 1. The second kappa shape index (κ2) is 5.80. The Bertz CT molecular complexity index is 644. The Morgan fingerprint density at radius 3 is 2.58 bits per heavy atom. The van der Waals surface area contributed by atoms with E-state index in [1.165, 1.54) is 17.4 Å². The second-order valence-corrected chi connectivity index (χ2v) is 4.53. The van der Waals surface area contributed by atoms with Gasteiger partial charge in [-0.3, -0.25) is 20.4 Å². The third-order valence-electron chi connectivity index (χ3n) is 2.29. The molecule has 6 heteroatoms. The summed E-state index contributed by atoms with van der Waals surface area (Å²) in [6, 6.07) is 11.6. The molecule has 2 rings (SSSR count). The monoisotopic (exact) mass is 271 g/mol. The minimum Gasteiger partial charge on any atom is -0.267 e. The standard InChI is InChI=1S/C13H9N3O2S/c14-8-9-3-1-4-10(7-9)12(17)15-16-13(18)11-5-2-6-19-11/h1-7H,(H,15,17)(H,16,18). The van der Waals surface area contributed by atoms with Gasteiger partial charge in [-0.2, -0.15) is 5.26 Å². The zero-order valence-corrected chi connectivity index (χ0v) is 10.5. The Morgan fingerprint density at radius 2 is 1.89 bits per heavy atom. The Kier molecular flexibility index (Phi) is 3.90. The number of carbonyl (C=O) groups is 2. The number of hydrogen-bond acceptors (Lipinski definition) is 4. The summed E-state index contributed by atoms with van der Waals surface area (Å²) in [4.78, 5) is 23.9. The van der Waals surface area contributed by atoms with Crippen molar-refractivity contribution in [3.8, 4) is 6.07 Å². The highest BCUT2D eigenvalue weighted by atomic mass is 32.1. The van der Waals surface area contributed by atoms with Gasteiger partial charge in [0.25, 0.3) is 11.8 Å². The zero-order chi connectivity index (χ0) is 13.7. The van der Waals surface area contributed by atoms with Crippen LogP contribution in [0.5, 0.6) is 0 Å². The van der Waals surface area contributed by atoms with Gasteiger partial charge in [0.15, 0.2) is 0 Å². The Balaban J connectivity index is 1.98. The summed E-state index contributed by atoms with van der Waals surface area (Å²) in [6.07, 6.45) is 0. The number of carbonyl (C=O) groups excluding carboxylic acids is 2. The van der Waals surface area contributed by atoms with E-state index in [0.717, 1.165) is 0 Å². The molecule has 0 aliphatic heterocycles. The summed E-state index contributed by atoms with van der Waals surface area (Å²) >= 11 is 1.28. The second-order valence-electron chi connectivity index (χ2n) is 3.58.